The predicted octanol–water partition coefficient (Wildman–Crippen LogP) is 0.699. The lowest BCUT2D eigenvalue weighted by Crippen LogP contribution is -2.48. The lowest BCUT2D eigenvalue weighted by Gasteiger charge is -2.35. The lowest BCUT2D eigenvalue weighted by molar-refractivity contribution is -0.143. The average molecular weight is 294 g/mol. The number of halogens is 1. The Kier molecular flexibility index (Phi) is 4.19. The first-order valence-corrected chi connectivity index (χ1v) is 7.14. The molecular weight excluding hydrogens is 275 g/mol. The maximum absolute atomic E-state index is 13.0. The van der Waals surface area contributed by atoms with Crippen LogP contribution in [0.3, 0.4) is 0 Å². The maximum atomic E-state index is 13.0. The summed E-state index contributed by atoms with van der Waals surface area (Å²) in [5.41, 5.74) is 6.78. The van der Waals surface area contributed by atoms with Gasteiger partial charge in [-0.25, -0.2) is 4.39 Å². The fourth-order valence-electron chi connectivity index (χ4n) is 2.79. The molecule has 1 amide bonds. The third-order valence-corrected chi connectivity index (χ3v) is 4.06. The van der Waals surface area contributed by atoms with Crippen molar-refractivity contribution in [2.75, 3.05) is 32.9 Å². The third kappa shape index (κ3) is 3.07. The van der Waals surface area contributed by atoms with Crippen molar-refractivity contribution in [1.82, 2.24) is 4.90 Å². The minimum Gasteiger partial charge on any atom is -0.379 e. The second-order valence-corrected chi connectivity index (χ2v) is 5.50. The van der Waals surface area contributed by atoms with E-state index in [0.717, 1.165) is 5.56 Å². The summed E-state index contributed by atoms with van der Waals surface area (Å²) in [6.45, 7) is 2.31. The van der Waals surface area contributed by atoms with Gasteiger partial charge in [-0.3, -0.25) is 4.79 Å². The summed E-state index contributed by atoms with van der Waals surface area (Å²) in [7, 11) is 0. The van der Waals surface area contributed by atoms with Gasteiger partial charge in [0.15, 0.2) is 0 Å². The van der Waals surface area contributed by atoms with Gasteiger partial charge in [-0.15, -0.1) is 0 Å². The highest BCUT2D eigenvalue weighted by Crippen LogP contribution is 2.24. The van der Waals surface area contributed by atoms with Crippen LogP contribution < -0.4 is 5.73 Å². The molecular formula is C15H19FN2O3. The Morgan fingerprint density at radius 3 is 2.71 bits per heavy atom. The molecule has 3 rings (SSSR count). The van der Waals surface area contributed by atoms with Crippen molar-refractivity contribution in [2.45, 2.75) is 12.1 Å². The maximum Gasteiger partial charge on any atom is 0.229 e. The van der Waals surface area contributed by atoms with Crippen LogP contribution in [-0.4, -0.2) is 49.8 Å². The van der Waals surface area contributed by atoms with Crippen LogP contribution in [0.2, 0.25) is 0 Å². The number of benzene rings is 1. The molecule has 3 unspecified atom stereocenters. The van der Waals surface area contributed by atoms with E-state index in [0.29, 0.717) is 32.9 Å². The largest absolute Gasteiger partial charge is 0.379 e. The van der Waals surface area contributed by atoms with Crippen molar-refractivity contribution >= 4 is 5.91 Å². The fraction of sp³-hybridized carbons (Fsp3) is 0.533. The minimum absolute atomic E-state index is 0.0235. The molecule has 2 heterocycles. The molecule has 0 radical (unpaired) electrons. The smallest absolute Gasteiger partial charge is 0.229 e. The Hall–Kier alpha value is -1.50. The molecule has 0 aromatic heterocycles. The molecule has 1 aromatic rings. The first-order chi connectivity index (χ1) is 10.1. The van der Waals surface area contributed by atoms with Crippen LogP contribution in [0.15, 0.2) is 24.3 Å². The highest BCUT2D eigenvalue weighted by molar-refractivity contribution is 5.80. The number of carbonyl (C=O) groups excluding carboxylic acids is 1. The SMILES string of the molecule is NC1COCC1C(=O)N1CCOC(c2ccc(F)cc2)C1. The topological polar surface area (TPSA) is 64.8 Å². The molecule has 0 bridgehead atoms. The lowest BCUT2D eigenvalue weighted by atomic mass is 10.0. The number of ether oxygens (including phenoxy) is 2. The number of rotatable bonds is 2. The standard InChI is InChI=1S/C15H19FN2O3/c16-11-3-1-10(2-4-11)14-7-18(5-6-21-14)15(19)12-8-20-9-13(12)17/h1-4,12-14H,5-9,17H2. The average Bonchev–Trinajstić information content (AvgIpc) is 2.93. The van der Waals surface area contributed by atoms with Gasteiger partial charge in [-0.2, -0.15) is 0 Å². The van der Waals surface area contributed by atoms with E-state index in [4.69, 9.17) is 15.2 Å². The van der Waals surface area contributed by atoms with E-state index < -0.39 is 0 Å². The Bertz CT molecular complexity index is 508. The van der Waals surface area contributed by atoms with Gasteiger partial charge in [0.25, 0.3) is 0 Å². The molecule has 3 atom stereocenters. The zero-order chi connectivity index (χ0) is 14.8. The Balaban J connectivity index is 1.68. The van der Waals surface area contributed by atoms with Crippen LogP contribution in [-0.2, 0) is 14.3 Å². The molecule has 21 heavy (non-hydrogen) atoms. The Morgan fingerprint density at radius 1 is 1.29 bits per heavy atom. The minimum atomic E-state index is -0.281. The summed E-state index contributed by atoms with van der Waals surface area (Å²) in [4.78, 5) is 14.3. The van der Waals surface area contributed by atoms with Gasteiger partial charge < -0.3 is 20.1 Å². The van der Waals surface area contributed by atoms with Gasteiger partial charge in [0.1, 0.15) is 11.9 Å². The summed E-state index contributed by atoms with van der Waals surface area (Å²) in [6.07, 6.45) is -0.221. The fourth-order valence-corrected chi connectivity index (χ4v) is 2.79. The van der Waals surface area contributed by atoms with Crippen LogP contribution in [0.5, 0.6) is 0 Å². The highest BCUT2D eigenvalue weighted by atomic mass is 19.1. The van der Waals surface area contributed by atoms with Gasteiger partial charge >= 0.3 is 0 Å². The molecule has 2 saturated heterocycles. The van der Waals surface area contributed by atoms with Gasteiger partial charge in [0.05, 0.1) is 32.3 Å². The molecule has 0 saturated carbocycles. The van der Waals surface area contributed by atoms with Crippen LogP contribution in [0.1, 0.15) is 11.7 Å². The molecule has 1 aromatic carbocycles. The zero-order valence-corrected chi connectivity index (χ0v) is 11.7. The van der Waals surface area contributed by atoms with E-state index in [9.17, 15) is 9.18 Å². The van der Waals surface area contributed by atoms with Crippen molar-refractivity contribution in [1.29, 1.82) is 0 Å². The zero-order valence-electron chi connectivity index (χ0n) is 11.7. The monoisotopic (exact) mass is 294 g/mol. The van der Waals surface area contributed by atoms with Crippen LogP contribution in [0.4, 0.5) is 4.39 Å². The summed E-state index contributed by atoms with van der Waals surface area (Å²) >= 11 is 0. The van der Waals surface area contributed by atoms with Crippen LogP contribution >= 0.6 is 0 Å². The number of nitrogens with two attached hydrogens (primary N) is 1. The Morgan fingerprint density at radius 2 is 2.05 bits per heavy atom. The molecule has 2 fully saturated rings. The molecule has 114 valence electrons. The summed E-state index contributed by atoms with van der Waals surface area (Å²) in [5.74, 6) is -0.524. The number of carbonyl (C=O) groups is 1. The second-order valence-electron chi connectivity index (χ2n) is 5.50. The number of morpholine rings is 1. The van der Waals surface area contributed by atoms with E-state index in [1.54, 1.807) is 17.0 Å². The highest BCUT2D eigenvalue weighted by Gasteiger charge is 2.36. The molecule has 0 aliphatic carbocycles. The molecule has 6 heteroatoms. The second kappa shape index (κ2) is 6.09. The van der Waals surface area contributed by atoms with E-state index in [1.165, 1.54) is 12.1 Å². The number of amides is 1. The van der Waals surface area contributed by atoms with Crippen molar-refractivity contribution in [3.63, 3.8) is 0 Å². The van der Waals surface area contributed by atoms with Crippen molar-refractivity contribution in [3.05, 3.63) is 35.6 Å². The van der Waals surface area contributed by atoms with E-state index in [-0.39, 0.29) is 29.8 Å². The van der Waals surface area contributed by atoms with Crippen LogP contribution in [0, 0.1) is 11.7 Å². The van der Waals surface area contributed by atoms with Crippen molar-refractivity contribution in [2.24, 2.45) is 11.7 Å². The molecule has 2 aliphatic heterocycles. The molecule has 5 nitrogen and oxygen atoms in total. The summed E-state index contributed by atoms with van der Waals surface area (Å²) in [5, 5.41) is 0. The van der Waals surface area contributed by atoms with E-state index in [2.05, 4.69) is 0 Å². The molecule has 0 spiro atoms. The number of nitrogens with zero attached hydrogens (tertiary/aromatic N) is 1. The molecule has 2 aliphatic rings. The quantitative estimate of drug-likeness (QED) is 0.872. The number of hydrogen-bond donors (Lipinski definition) is 1. The van der Waals surface area contributed by atoms with Gasteiger partial charge in [-0.05, 0) is 17.7 Å². The normalized spacial score (nSPS) is 29.6. The van der Waals surface area contributed by atoms with E-state index >= 15 is 0 Å². The number of hydrogen-bond acceptors (Lipinski definition) is 4. The first-order valence-electron chi connectivity index (χ1n) is 7.14. The Labute approximate surface area is 122 Å². The van der Waals surface area contributed by atoms with Crippen LogP contribution in [0.25, 0.3) is 0 Å². The van der Waals surface area contributed by atoms with Gasteiger partial charge in [0, 0.05) is 12.6 Å². The van der Waals surface area contributed by atoms with Crippen molar-refractivity contribution in [3.8, 4) is 0 Å². The van der Waals surface area contributed by atoms with E-state index in [1.807, 2.05) is 0 Å². The predicted molar refractivity (Wildman–Crippen MR) is 74.0 cm³/mol. The third-order valence-electron chi connectivity index (χ3n) is 4.06. The summed E-state index contributed by atoms with van der Waals surface area (Å²) < 4.78 is 23.9. The van der Waals surface area contributed by atoms with Gasteiger partial charge in [0.2, 0.25) is 5.91 Å². The summed E-state index contributed by atoms with van der Waals surface area (Å²) in [6, 6.07) is 5.96. The van der Waals surface area contributed by atoms with Gasteiger partial charge in [-0.1, -0.05) is 12.1 Å². The van der Waals surface area contributed by atoms with Crippen molar-refractivity contribution < 1.29 is 18.7 Å². The molecule has 2 N–H and O–H groups in total. The first kappa shape index (κ1) is 14.4.